The third-order valence-corrected chi connectivity index (χ3v) is 4.01. The highest BCUT2D eigenvalue weighted by molar-refractivity contribution is 5.68. The molecule has 1 aliphatic heterocycles. The van der Waals surface area contributed by atoms with Gasteiger partial charge in [-0.1, -0.05) is 0 Å². The fraction of sp³-hybridized carbons (Fsp3) is 0.765. The summed E-state index contributed by atoms with van der Waals surface area (Å²) in [4.78, 5) is 14.0. The molecule has 2 rings (SSSR count). The Bertz CT molecular complexity index is 533. The fourth-order valence-electron chi connectivity index (χ4n) is 2.96. The highest BCUT2D eigenvalue weighted by Crippen LogP contribution is 2.19. The molecule has 0 saturated carbocycles. The van der Waals surface area contributed by atoms with Gasteiger partial charge in [0.25, 0.3) is 0 Å². The number of hydrogen-bond acceptors (Lipinski definition) is 4. The molecular weight excluding hydrogens is 292 g/mol. The summed E-state index contributed by atoms with van der Waals surface area (Å²) in [6.07, 6.45) is 2.00. The van der Waals surface area contributed by atoms with Gasteiger partial charge in [0, 0.05) is 33.2 Å². The first kappa shape index (κ1) is 17.8. The van der Waals surface area contributed by atoms with Crippen molar-refractivity contribution in [3.63, 3.8) is 0 Å². The van der Waals surface area contributed by atoms with Crippen LogP contribution in [-0.4, -0.2) is 46.0 Å². The van der Waals surface area contributed by atoms with Crippen LogP contribution in [0.25, 0.3) is 0 Å². The molecule has 23 heavy (non-hydrogen) atoms. The molecule has 1 N–H and O–H groups in total. The Hall–Kier alpha value is -1.56. The lowest BCUT2D eigenvalue weighted by molar-refractivity contribution is 0.0166. The number of nitrogens with zero attached hydrogens (tertiary/aromatic N) is 3. The standard InChI is InChI=1S/C17H30N4O2/c1-13-9-15(20(5)19-13)11-18-10-14-7-6-8-21(12-14)16(22)23-17(2,3)4/h9,14,18H,6-8,10-12H2,1-5H3. The molecule has 2 heterocycles. The van der Waals surface area contributed by atoms with Crippen LogP contribution in [0.5, 0.6) is 0 Å². The van der Waals surface area contributed by atoms with E-state index < -0.39 is 5.60 Å². The lowest BCUT2D eigenvalue weighted by Crippen LogP contribution is -2.45. The van der Waals surface area contributed by atoms with Gasteiger partial charge in [0.05, 0.1) is 11.4 Å². The number of aromatic nitrogens is 2. The Balaban J connectivity index is 1.78. The smallest absolute Gasteiger partial charge is 0.410 e. The number of nitrogens with one attached hydrogen (secondary N) is 1. The minimum atomic E-state index is -0.431. The van der Waals surface area contributed by atoms with E-state index in [1.807, 2.05) is 44.3 Å². The van der Waals surface area contributed by atoms with Crippen molar-refractivity contribution in [2.45, 2.75) is 52.7 Å². The monoisotopic (exact) mass is 322 g/mol. The zero-order valence-corrected chi connectivity index (χ0v) is 15.1. The van der Waals surface area contributed by atoms with E-state index in [1.165, 1.54) is 5.69 Å². The number of amides is 1. The summed E-state index contributed by atoms with van der Waals surface area (Å²) in [6.45, 7) is 11.0. The number of piperidine rings is 1. The van der Waals surface area contributed by atoms with Crippen LogP contribution in [0.15, 0.2) is 6.07 Å². The third kappa shape index (κ3) is 5.53. The van der Waals surface area contributed by atoms with Crippen molar-refractivity contribution in [3.8, 4) is 0 Å². The van der Waals surface area contributed by atoms with Crippen molar-refractivity contribution in [2.75, 3.05) is 19.6 Å². The van der Waals surface area contributed by atoms with E-state index in [9.17, 15) is 4.79 Å². The van der Waals surface area contributed by atoms with Gasteiger partial charge in [0.1, 0.15) is 5.60 Å². The summed E-state index contributed by atoms with van der Waals surface area (Å²) in [5, 5.41) is 7.85. The fourth-order valence-corrected chi connectivity index (χ4v) is 2.96. The molecule has 0 radical (unpaired) electrons. The Morgan fingerprint density at radius 1 is 1.48 bits per heavy atom. The Morgan fingerprint density at radius 2 is 2.22 bits per heavy atom. The van der Waals surface area contributed by atoms with Gasteiger partial charge in [0.15, 0.2) is 0 Å². The lowest BCUT2D eigenvalue weighted by atomic mass is 9.98. The van der Waals surface area contributed by atoms with Crippen molar-refractivity contribution in [1.29, 1.82) is 0 Å². The predicted octanol–water partition coefficient (Wildman–Crippen LogP) is 2.47. The molecule has 0 aliphatic carbocycles. The Morgan fingerprint density at radius 3 is 2.83 bits per heavy atom. The summed E-state index contributed by atoms with van der Waals surface area (Å²) in [5.41, 5.74) is 1.79. The van der Waals surface area contributed by atoms with E-state index in [0.717, 1.165) is 44.7 Å². The molecular formula is C17H30N4O2. The van der Waals surface area contributed by atoms with Gasteiger partial charge in [-0.2, -0.15) is 5.10 Å². The minimum absolute atomic E-state index is 0.190. The number of likely N-dealkylation sites (tertiary alicyclic amines) is 1. The summed E-state index contributed by atoms with van der Waals surface area (Å²) in [5.74, 6) is 0.477. The number of ether oxygens (including phenoxy) is 1. The summed E-state index contributed by atoms with van der Waals surface area (Å²) < 4.78 is 7.39. The average molecular weight is 322 g/mol. The van der Waals surface area contributed by atoms with Crippen LogP contribution in [0.4, 0.5) is 4.79 Å². The Kier molecular flexibility index (Phi) is 5.68. The van der Waals surface area contributed by atoms with Crippen LogP contribution in [0.1, 0.15) is 45.0 Å². The van der Waals surface area contributed by atoms with Gasteiger partial charge >= 0.3 is 6.09 Å². The molecule has 0 bridgehead atoms. The van der Waals surface area contributed by atoms with E-state index in [1.54, 1.807) is 0 Å². The zero-order valence-electron chi connectivity index (χ0n) is 15.1. The van der Waals surface area contributed by atoms with E-state index >= 15 is 0 Å². The first-order valence-electron chi connectivity index (χ1n) is 8.43. The Labute approximate surface area is 139 Å². The summed E-state index contributed by atoms with van der Waals surface area (Å²) >= 11 is 0. The van der Waals surface area contributed by atoms with Gasteiger partial charge in [-0.3, -0.25) is 4.68 Å². The highest BCUT2D eigenvalue weighted by Gasteiger charge is 2.27. The van der Waals surface area contributed by atoms with E-state index in [4.69, 9.17) is 4.74 Å². The number of carbonyl (C=O) groups excluding carboxylic acids is 1. The van der Waals surface area contributed by atoms with Crippen LogP contribution in [-0.2, 0) is 18.3 Å². The number of rotatable bonds is 4. The first-order valence-corrected chi connectivity index (χ1v) is 8.43. The minimum Gasteiger partial charge on any atom is -0.444 e. The molecule has 6 nitrogen and oxygen atoms in total. The molecule has 130 valence electrons. The predicted molar refractivity (Wildman–Crippen MR) is 90.2 cm³/mol. The number of aryl methyl sites for hydroxylation is 2. The lowest BCUT2D eigenvalue weighted by Gasteiger charge is -2.34. The van der Waals surface area contributed by atoms with Crippen LogP contribution in [0.2, 0.25) is 0 Å². The van der Waals surface area contributed by atoms with E-state index in [-0.39, 0.29) is 6.09 Å². The van der Waals surface area contributed by atoms with Crippen molar-refractivity contribution >= 4 is 6.09 Å². The third-order valence-electron chi connectivity index (χ3n) is 4.01. The van der Waals surface area contributed by atoms with Crippen LogP contribution in [0.3, 0.4) is 0 Å². The molecule has 1 aromatic heterocycles. The average Bonchev–Trinajstić information content (AvgIpc) is 2.75. The highest BCUT2D eigenvalue weighted by atomic mass is 16.6. The van der Waals surface area contributed by atoms with Crippen LogP contribution >= 0.6 is 0 Å². The molecule has 0 aromatic carbocycles. The molecule has 1 unspecified atom stereocenters. The number of carbonyl (C=O) groups is 1. The van der Waals surface area contributed by atoms with Crippen molar-refractivity contribution in [3.05, 3.63) is 17.5 Å². The zero-order chi connectivity index (χ0) is 17.0. The van der Waals surface area contributed by atoms with Gasteiger partial charge in [-0.15, -0.1) is 0 Å². The van der Waals surface area contributed by atoms with Crippen LogP contribution < -0.4 is 5.32 Å². The first-order chi connectivity index (χ1) is 10.7. The summed E-state index contributed by atoms with van der Waals surface area (Å²) in [7, 11) is 1.97. The quantitative estimate of drug-likeness (QED) is 0.925. The molecule has 1 amide bonds. The summed E-state index contributed by atoms with van der Waals surface area (Å²) in [6, 6.07) is 2.10. The van der Waals surface area contributed by atoms with E-state index in [0.29, 0.717) is 5.92 Å². The maximum atomic E-state index is 12.2. The molecule has 0 spiro atoms. The maximum Gasteiger partial charge on any atom is 0.410 e. The van der Waals surface area contributed by atoms with Crippen molar-refractivity contribution in [1.82, 2.24) is 20.0 Å². The number of hydrogen-bond donors (Lipinski definition) is 1. The normalized spacial score (nSPS) is 19.0. The maximum absolute atomic E-state index is 12.2. The molecule has 6 heteroatoms. The molecule has 1 saturated heterocycles. The van der Waals surface area contributed by atoms with Gasteiger partial charge in [-0.25, -0.2) is 4.79 Å². The second-order valence-corrected chi connectivity index (χ2v) is 7.47. The molecule has 1 aromatic rings. The SMILES string of the molecule is Cc1cc(CNCC2CCCN(C(=O)OC(C)(C)C)C2)n(C)n1. The largest absolute Gasteiger partial charge is 0.444 e. The van der Waals surface area contributed by atoms with Crippen LogP contribution in [0, 0.1) is 12.8 Å². The topological polar surface area (TPSA) is 59.4 Å². The second-order valence-electron chi connectivity index (χ2n) is 7.47. The van der Waals surface area contributed by atoms with Gasteiger partial charge < -0.3 is 15.0 Å². The molecule has 1 atom stereocenters. The molecule has 1 aliphatic rings. The van der Waals surface area contributed by atoms with E-state index in [2.05, 4.69) is 16.5 Å². The van der Waals surface area contributed by atoms with Gasteiger partial charge in [0.2, 0.25) is 0 Å². The molecule has 1 fully saturated rings. The van der Waals surface area contributed by atoms with Crippen molar-refractivity contribution < 1.29 is 9.53 Å². The van der Waals surface area contributed by atoms with Crippen molar-refractivity contribution in [2.24, 2.45) is 13.0 Å². The second kappa shape index (κ2) is 7.34. The van der Waals surface area contributed by atoms with Gasteiger partial charge in [-0.05, 0) is 52.5 Å².